The summed E-state index contributed by atoms with van der Waals surface area (Å²) in [5.41, 5.74) is -0.218. The van der Waals surface area contributed by atoms with Crippen molar-refractivity contribution in [2.75, 3.05) is 20.2 Å². The van der Waals surface area contributed by atoms with Crippen LogP contribution in [-0.4, -0.2) is 30.9 Å². The lowest BCUT2D eigenvalue weighted by Gasteiger charge is -2.39. The maximum Gasteiger partial charge on any atom is 0.165 e. The number of ether oxygens (including phenoxy) is 2. The quantitative estimate of drug-likeness (QED) is 0.783. The van der Waals surface area contributed by atoms with Crippen LogP contribution in [0.1, 0.15) is 6.92 Å². The minimum Gasteiger partial charge on any atom is -0.504 e. The van der Waals surface area contributed by atoms with Gasteiger partial charge in [0.2, 0.25) is 0 Å². The van der Waals surface area contributed by atoms with E-state index in [-0.39, 0.29) is 11.4 Å². The molecule has 1 heterocycles. The van der Waals surface area contributed by atoms with E-state index in [2.05, 4.69) is 5.32 Å². The van der Waals surface area contributed by atoms with E-state index in [1.165, 1.54) is 0 Å². The number of hydrogen-bond donors (Lipinski definition) is 2. The molecule has 2 N–H and O–H groups in total. The number of aromatic hydroxyl groups is 1. The number of nitrogens with one attached hydrogen (secondary N) is 1. The molecule has 82 valence electrons. The molecule has 1 saturated heterocycles. The summed E-state index contributed by atoms with van der Waals surface area (Å²) in [4.78, 5) is 0. The van der Waals surface area contributed by atoms with Crippen LogP contribution in [0.25, 0.3) is 0 Å². The molecule has 0 radical (unpaired) electrons. The average Bonchev–Trinajstić information content (AvgIpc) is 2.19. The molecule has 1 fully saturated rings. The zero-order valence-corrected chi connectivity index (χ0v) is 8.91. The molecule has 15 heavy (non-hydrogen) atoms. The van der Waals surface area contributed by atoms with E-state index in [1.807, 2.05) is 6.92 Å². The Morgan fingerprint density at radius 1 is 1.40 bits per heavy atom. The van der Waals surface area contributed by atoms with Crippen molar-refractivity contribution in [3.63, 3.8) is 0 Å². The molecule has 1 aromatic carbocycles. The van der Waals surface area contributed by atoms with E-state index < -0.39 is 0 Å². The number of rotatable bonds is 3. The highest BCUT2D eigenvalue weighted by Crippen LogP contribution is 2.33. The van der Waals surface area contributed by atoms with Crippen LogP contribution >= 0.6 is 0 Å². The Labute approximate surface area is 88.8 Å². The van der Waals surface area contributed by atoms with Crippen LogP contribution in [0.5, 0.6) is 17.2 Å². The molecule has 4 nitrogen and oxygen atoms in total. The van der Waals surface area contributed by atoms with Gasteiger partial charge >= 0.3 is 0 Å². The van der Waals surface area contributed by atoms with Gasteiger partial charge in [-0.2, -0.15) is 0 Å². The Balaban J connectivity index is 2.19. The summed E-state index contributed by atoms with van der Waals surface area (Å²) in [6.07, 6.45) is 0. The summed E-state index contributed by atoms with van der Waals surface area (Å²) in [6, 6.07) is 4.96. The maximum absolute atomic E-state index is 9.61. The van der Waals surface area contributed by atoms with Gasteiger partial charge in [0, 0.05) is 19.2 Å². The largest absolute Gasteiger partial charge is 0.504 e. The van der Waals surface area contributed by atoms with E-state index in [4.69, 9.17) is 9.47 Å². The zero-order chi connectivity index (χ0) is 10.9. The third-order valence-corrected chi connectivity index (χ3v) is 2.52. The molecule has 0 amide bonds. The van der Waals surface area contributed by atoms with E-state index in [0.29, 0.717) is 11.5 Å². The first kappa shape index (κ1) is 10.1. The van der Waals surface area contributed by atoms with Crippen molar-refractivity contribution >= 4 is 0 Å². The van der Waals surface area contributed by atoms with Crippen molar-refractivity contribution < 1.29 is 14.6 Å². The van der Waals surface area contributed by atoms with Gasteiger partial charge in [-0.25, -0.2) is 0 Å². The summed E-state index contributed by atoms with van der Waals surface area (Å²) in [5, 5.41) is 12.7. The molecule has 0 saturated carbocycles. The van der Waals surface area contributed by atoms with Crippen LogP contribution in [0.2, 0.25) is 0 Å². The molecule has 1 aliphatic heterocycles. The fourth-order valence-corrected chi connectivity index (χ4v) is 1.52. The summed E-state index contributed by atoms with van der Waals surface area (Å²) in [5.74, 6) is 1.29. The van der Waals surface area contributed by atoms with Crippen LogP contribution in [0, 0.1) is 0 Å². The highest BCUT2D eigenvalue weighted by atomic mass is 16.5. The third-order valence-electron chi connectivity index (χ3n) is 2.52. The molecule has 0 spiro atoms. The fourth-order valence-electron chi connectivity index (χ4n) is 1.52. The van der Waals surface area contributed by atoms with E-state index >= 15 is 0 Å². The molecular formula is C11H15NO3. The lowest BCUT2D eigenvalue weighted by atomic mass is 10.00. The molecule has 2 rings (SSSR count). The molecule has 0 unspecified atom stereocenters. The van der Waals surface area contributed by atoms with Crippen molar-refractivity contribution in [2.24, 2.45) is 0 Å². The summed E-state index contributed by atoms with van der Waals surface area (Å²) < 4.78 is 10.8. The minimum atomic E-state index is -0.218. The van der Waals surface area contributed by atoms with E-state index in [1.54, 1.807) is 25.3 Å². The van der Waals surface area contributed by atoms with E-state index in [9.17, 15) is 5.11 Å². The zero-order valence-electron chi connectivity index (χ0n) is 8.91. The number of benzene rings is 1. The predicted octanol–water partition coefficient (Wildman–Crippen LogP) is 1.14. The number of phenols is 1. The molecular weight excluding hydrogens is 194 g/mol. The fraction of sp³-hybridized carbons (Fsp3) is 0.455. The van der Waals surface area contributed by atoms with Gasteiger partial charge in [-0.1, -0.05) is 0 Å². The average molecular weight is 209 g/mol. The highest BCUT2D eigenvalue weighted by Gasteiger charge is 2.34. The molecule has 0 aromatic heterocycles. The van der Waals surface area contributed by atoms with Crippen LogP contribution in [0.4, 0.5) is 0 Å². The second-order valence-electron chi connectivity index (χ2n) is 3.99. The van der Waals surface area contributed by atoms with Gasteiger partial charge in [0.05, 0.1) is 7.11 Å². The number of hydrogen-bond acceptors (Lipinski definition) is 4. The van der Waals surface area contributed by atoms with Crippen molar-refractivity contribution in [3.8, 4) is 17.2 Å². The van der Waals surface area contributed by atoms with Gasteiger partial charge in [-0.15, -0.1) is 0 Å². The summed E-state index contributed by atoms with van der Waals surface area (Å²) >= 11 is 0. The Morgan fingerprint density at radius 2 is 2.13 bits per heavy atom. The van der Waals surface area contributed by atoms with Crippen molar-refractivity contribution in [2.45, 2.75) is 12.5 Å². The number of methoxy groups -OCH3 is 1. The first-order valence-electron chi connectivity index (χ1n) is 4.90. The maximum atomic E-state index is 9.61. The monoisotopic (exact) mass is 209 g/mol. The van der Waals surface area contributed by atoms with E-state index in [0.717, 1.165) is 13.1 Å². The van der Waals surface area contributed by atoms with Crippen LogP contribution in [-0.2, 0) is 0 Å². The summed E-state index contributed by atoms with van der Waals surface area (Å²) in [7, 11) is 1.59. The van der Waals surface area contributed by atoms with Gasteiger partial charge < -0.3 is 19.9 Å². The van der Waals surface area contributed by atoms with Gasteiger partial charge in [0.1, 0.15) is 11.4 Å². The van der Waals surface area contributed by atoms with Gasteiger partial charge in [0.15, 0.2) is 11.5 Å². The molecule has 1 aliphatic rings. The second kappa shape index (κ2) is 3.62. The molecule has 4 heteroatoms. The topological polar surface area (TPSA) is 50.7 Å². The predicted molar refractivity (Wildman–Crippen MR) is 56.6 cm³/mol. The normalized spacial score (nSPS) is 18.0. The Morgan fingerprint density at radius 3 is 2.67 bits per heavy atom. The standard InChI is InChI=1S/C11H15NO3/c1-11(6-12-7-11)15-10-5-8(14-2)3-4-9(10)13/h3-5,12-13H,6-7H2,1-2H3. The van der Waals surface area contributed by atoms with Gasteiger partial charge in [-0.05, 0) is 19.1 Å². The van der Waals surface area contributed by atoms with Gasteiger partial charge in [-0.3, -0.25) is 0 Å². The first-order chi connectivity index (χ1) is 7.13. The van der Waals surface area contributed by atoms with Crippen LogP contribution in [0.15, 0.2) is 18.2 Å². The Kier molecular flexibility index (Phi) is 2.44. The highest BCUT2D eigenvalue weighted by molar-refractivity contribution is 5.45. The smallest absolute Gasteiger partial charge is 0.165 e. The van der Waals surface area contributed by atoms with Crippen LogP contribution < -0.4 is 14.8 Å². The number of phenolic OH excluding ortho intramolecular Hbond substituents is 1. The molecule has 1 aromatic rings. The molecule has 0 aliphatic carbocycles. The third kappa shape index (κ3) is 1.99. The first-order valence-corrected chi connectivity index (χ1v) is 4.90. The summed E-state index contributed by atoms with van der Waals surface area (Å²) in [6.45, 7) is 3.59. The lowest BCUT2D eigenvalue weighted by Crippen LogP contribution is -2.61. The Bertz CT molecular complexity index is 361. The van der Waals surface area contributed by atoms with Gasteiger partial charge in [0.25, 0.3) is 0 Å². The lowest BCUT2D eigenvalue weighted by molar-refractivity contribution is 0.0322. The molecule has 0 bridgehead atoms. The van der Waals surface area contributed by atoms with Crippen molar-refractivity contribution in [1.82, 2.24) is 5.32 Å². The van der Waals surface area contributed by atoms with Crippen molar-refractivity contribution in [1.29, 1.82) is 0 Å². The Hall–Kier alpha value is -1.42. The van der Waals surface area contributed by atoms with Crippen LogP contribution in [0.3, 0.4) is 0 Å². The minimum absolute atomic E-state index is 0.143. The second-order valence-corrected chi connectivity index (χ2v) is 3.99. The molecule has 0 atom stereocenters. The van der Waals surface area contributed by atoms with Crippen molar-refractivity contribution in [3.05, 3.63) is 18.2 Å². The SMILES string of the molecule is COc1ccc(O)c(OC2(C)CNC2)c1.